The molecule has 0 spiro atoms. The number of rotatable bonds is 12. The van der Waals surface area contributed by atoms with Crippen LogP contribution in [0.15, 0.2) is 24.3 Å². The van der Waals surface area contributed by atoms with Gasteiger partial charge in [-0.3, -0.25) is 4.90 Å². The van der Waals surface area contributed by atoms with Crippen molar-refractivity contribution in [3.8, 4) is 0 Å². The van der Waals surface area contributed by atoms with E-state index >= 15 is 0 Å². The Balaban J connectivity index is 2.62. The van der Waals surface area contributed by atoms with Crippen LogP contribution in [0.5, 0.6) is 0 Å². The topological polar surface area (TPSA) is 15.3 Å². The maximum absolute atomic E-state index is 3.43. The van der Waals surface area contributed by atoms with E-state index in [9.17, 15) is 0 Å². The molecule has 2 heteroatoms. The normalized spacial score (nSPS) is 11.2. The molecule has 0 atom stereocenters. The highest BCUT2D eigenvalue weighted by Gasteiger charge is 2.08. The van der Waals surface area contributed by atoms with Gasteiger partial charge < -0.3 is 5.32 Å². The van der Waals surface area contributed by atoms with Gasteiger partial charge in [0.25, 0.3) is 0 Å². The van der Waals surface area contributed by atoms with Crippen molar-refractivity contribution >= 4 is 0 Å². The zero-order valence-corrected chi connectivity index (χ0v) is 14.3. The molecule has 0 aliphatic carbocycles. The lowest BCUT2D eigenvalue weighted by molar-refractivity contribution is 0.256. The molecule has 0 amide bonds. The molecule has 0 heterocycles. The summed E-state index contributed by atoms with van der Waals surface area (Å²) >= 11 is 0. The third-order valence-electron chi connectivity index (χ3n) is 3.99. The van der Waals surface area contributed by atoms with Crippen LogP contribution in [0.1, 0.15) is 57.6 Å². The lowest BCUT2D eigenvalue weighted by Gasteiger charge is -2.23. The molecule has 0 bridgehead atoms. The summed E-state index contributed by atoms with van der Waals surface area (Å²) in [4.78, 5) is 2.64. The summed E-state index contributed by atoms with van der Waals surface area (Å²) in [6.07, 6.45) is 6.32. The van der Waals surface area contributed by atoms with Gasteiger partial charge in [-0.2, -0.15) is 0 Å². The molecule has 0 aliphatic heterocycles. The summed E-state index contributed by atoms with van der Waals surface area (Å²) in [5.41, 5.74) is 3.03. The van der Waals surface area contributed by atoms with Crippen LogP contribution >= 0.6 is 0 Å². The van der Waals surface area contributed by atoms with Gasteiger partial charge in [-0.05, 0) is 56.6 Å². The quantitative estimate of drug-likeness (QED) is 0.579. The molecule has 0 aromatic heterocycles. The number of benzene rings is 1. The molecule has 0 saturated heterocycles. The first-order valence-electron chi connectivity index (χ1n) is 8.81. The molecular formula is C19H34N2. The van der Waals surface area contributed by atoms with Crippen LogP contribution in [-0.4, -0.2) is 31.1 Å². The SMILES string of the molecule is CCCCN(CCCC)Cc1ccccc1CCNCC. The van der Waals surface area contributed by atoms with Crippen LogP contribution in [0.25, 0.3) is 0 Å². The number of hydrogen-bond acceptors (Lipinski definition) is 2. The van der Waals surface area contributed by atoms with Gasteiger partial charge >= 0.3 is 0 Å². The average molecular weight is 290 g/mol. The molecule has 0 fully saturated rings. The van der Waals surface area contributed by atoms with Gasteiger partial charge in [0, 0.05) is 6.54 Å². The first-order valence-corrected chi connectivity index (χ1v) is 8.81. The van der Waals surface area contributed by atoms with E-state index in [0.717, 1.165) is 26.1 Å². The standard InChI is InChI=1S/C19H34N2/c1-4-7-15-21(16-8-5-2)17-19-12-10-9-11-18(19)13-14-20-6-3/h9-12,20H,4-8,13-17H2,1-3H3. The molecule has 0 saturated carbocycles. The fraction of sp³-hybridized carbons (Fsp3) is 0.684. The van der Waals surface area contributed by atoms with Crippen molar-refractivity contribution in [3.63, 3.8) is 0 Å². The molecule has 1 rings (SSSR count). The second kappa shape index (κ2) is 11.8. The predicted octanol–water partition coefficient (Wildman–Crippen LogP) is 4.24. The van der Waals surface area contributed by atoms with Gasteiger partial charge in [0.15, 0.2) is 0 Å². The summed E-state index contributed by atoms with van der Waals surface area (Å²) in [6.45, 7) is 12.4. The maximum atomic E-state index is 3.43. The maximum Gasteiger partial charge on any atom is 0.0236 e. The molecule has 0 radical (unpaired) electrons. The van der Waals surface area contributed by atoms with E-state index in [1.54, 1.807) is 0 Å². The van der Waals surface area contributed by atoms with Crippen molar-refractivity contribution in [3.05, 3.63) is 35.4 Å². The molecule has 0 unspecified atom stereocenters. The van der Waals surface area contributed by atoms with Crippen LogP contribution in [0.3, 0.4) is 0 Å². The number of nitrogens with zero attached hydrogens (tertiary/aromatic N) is 1. The molecule has 1 aromatic rings. The Hall–Kier alpha value is -0.860. The van der Waals surface area contributed by atoms with Crippen molar-refractivity contribution in [1.82, 2.24) is 10.2 Å². The Morgan fingerprint density at radius 1 is 0.905 bits per heavy atom. The fourth-order valence-corrected chi connectivity index (χ4v) is 2.63. The van der Waals surface area contributed by atoms with Crippen molar-refractivity contribution in [2.75, 3.05) is 26.2 Å². The number of likely N-dealkylation sites (N-methyl/N-ethyl adjacent to an activating group) is 1. The molecule has 2 nitrogen and oxygen atoms in total. The first-order chi connectivity index (χ1) is 10.3. The second-order valence-electron chi connectivity index (χ2n) is 5.86. The zero-order chi connectivity index (χ0) is 15.3. The lowest BCUT2D eigenvalue weighted by atomic mass is 10.0. The highest BCUT2D eigenvalue weighted by Crippen LogP contribution is 2.13. The van der Waals surface area contributed by atoms with Crippen LogP contribution in [0, 0.1) is 0 Å². The monoisotopic (exact) mass is 290 g/mol. The number of nitrogens with one attached hydrogen (secondary N) is 1. The van der Waals surface area contributed by atoms with E-state index in [-0.39, 0.29) is 0 Å². The van der Waals surface area contributed by atoms with Gasteiger partial charge in [0.1, 0.15) is 0 Å². The Morgan fingerprint density at radius 3 is 2.10 bits per heavy atom. The van der Waals surface area contributed by atoms with Crippen molar-refractivity contribution in [1.29, 1.82) is 0 Å². The van der Waals surface area contributed by atoms with E-state index in [4.69, 9.17) is 0 Å². The fourth-order valence-electron chi connectivity index (χ4n) is 2.63. The van der Waals surface area contributed by atoms with E-state index in [1.165, 1.54) is 49.9 Å². The Kier molecular flexibility index (Phi) is 10.2. The zero-order valence-electron chi connectivity index (χ0n) is 14.3. The minimum absolute atomic E-state index is 1.06. The molecular weight excluding hydrogens is 256 g/mol. The van der Waals surface area contributed by atoms with Gasteiger partial charge in [0.2, 0.25) is 0 Å². The Bertz CT molecular complexity index is 354. The lowest BCUT2D eigenvalue weighted by Crippen LogP contribution is -2.26. The van der Waals surface area contributed by atoms with E-state index < -0.39 is 0 Å². The molecule has 120 valence electrons. The predicted molar refractivity (Wildman–Crippen MR) is 93.8 cm³/mol. The van der Waals surface area contributed by atoms with Crippen LogP contribution in [-0.2, 0) is 13.0 Å². The van der Waals surface area contributed by atoms with Gasteiger partial charge in [-0.15, -0.1) is 0 Å². The third kappa shape index (κ3) is 7.63. The van der Waals surface area contributed by atoms with Crippen LogP contribution < -0.4 is 5.32 Å². The van der Waals surface area contributed by atoms with Gasteiger partial charge in [-0.25, -0.2) is 0 Å². The molecule has 1 N–H and O–H groups in total. The largest absolute Gasteiger partial charge is 0.317 e. The molecule has 21 heavy (non-hydrogen) atoms. The minimum atomic E-state index is 1.06. The van der Waals surface area contributed by atoms with Crippen LogP contribution in [0.2, 0.25) is 0 Å². The first kappa shape index (κ1) is 18.2. The van der Waals surface area contributed by atoms with Crippen LogP contribution in [0.4, 0.5) is 0 Å². The number of unbranched alkanes of at least 4 members (excludes halogenated alkanes) is 2. The Morgan fingerprint density at radius 2 is 1.52 bits per heavy atom. The van der Waals surface area contributed by atoms with E-state index in [0.29, 0.717) is 0 Å². The van der Waals surface area contributed by atoms with Gasteiger partial charge in [0.05, 0.1) is 0 Å². The van der Waals surface area contributed by atoms with Crippen molar-refractivity contribution in [2.45, 2.75) is 59.4 Å². The summed E-state index contributed by atoms with van der Waals surface area (Å²) in [6, 6.07) is 8.97. The van der Waals surface area contributed by atoms with Crippen molar-refractivity contribution < 1.29 is 0 Å². The summed E-state index contributed by atoms with van der Waals surface area (Å²) in [5, 5.41) is 3.43. The van der Waals surface area contributed by atoms with Crippen molar-refractivity contribution in [2.24, 2.45) is 0 Å². The van der Waals surface area contributed by atoms with E-state index in [2.05, 4.69) is 55.3 Å². The van der Waals surface area contributed by atoms with E-state index in [1.807, 2.05) is 0 Å². The number of hydrogen-bond donors (Lipinski definition) is 1. The Labute approximate surface area is 131 Å². The second-order valence-corrected chi connectivity index (χ2v) is 5.86. The summed E-state index contributed by atoms with van der Waals surface area (Å²) in [7, 11) is 0. The summed E-state index contributed by atoms with van der Waals surface area (Å²) in [5.74, 6) is 0. The smallest absolute Gasteiger partial charge is 0.0236 e. The minimum Gasteiger partial charge on any atom is -0.317 e. The highest BCUT2D eigenvalue weighted by atomic mass is 15.1. The average Bonchev–Trinajstić information content (AvgIpc) is 2.51. The third-order valence-corrected chi connectivity index (χ3v) is 3.99. The highest BCUT2D eigenvalue weighted by molar-refractivity contribution is 5.27. The van der Waals surface area contributed by atoms with Gasteiger partial charge in [-0.1, -0.05) is 57.9 Å². The molecule has 1 aromatic carbocycles. The molecule has 0 aliphatic rings. The summed E-state index contributed by atoms with van der Waals surface area (Å²) < 4.78 is 0.